The second-order valence-corrected chi connectivity index (χ2v) is 6.45. The van der Waals surface area contributed by atoms with Crippen LogP contribution >= 0.6 is 23.6 Å². The molecule has 3 N–H and O–H groups in total. The molecule has 1 amide bonds. The van der Waals surface area contributed by atoms with Crippen molar-refractivity contribution in [3.63, 3.8) is 0 Å². The largest absolute Gasteiger partial charge is 0.392 e. The molecule has 0 aromatic carbocycles. The van der Waals surface area contributed by atoms with Gasteiger partial charge in [0.05, 0.1) is 16.4 Å². The van der Waals surface area contributed by atoms with Gasteiger partial charge in [-0.2, -0.15) is 0 Å². The number of hydrogen-bond donors (Lipinski definition) is 2. The highest BCUT2D eigenvalue weighted by Crippen LogP contribution is 2.26. The first-order chi connectivity index (χ1) is 8.31. The maximum atomic E-state index is 12.3. The molecule has 5 heteroatoms. The third-order valence-electron chi connectivity index (χ3n) is 3.29. The molecule has 100 valence electrons. The number of carbonyl (C=O) groups is 1. The van der Waals surface area contributed by atoms with E-state index in [1.54, 1.807) is 18.3 Å². The Hall–Kier alpha value is -0.940. The lowest BCUT2D eigenvalue weighted by Gasteiger charge is -2.27. The number of nitrogens with one attached hydrogen (secondary N) is 1. The Labute approximate surface area is 118 Å². The Morgan fingerprint density at radius 2 is 2.22 bits per heavy atom. The number of hydrogen-bond acceptors (Lipinski definition) is 3. The van der Waals surface area contributed by atoms with Crippen LogP contribution in [0.1, 0.15) is 43.0 Å². The molecule has 0 spiro atoms. The summed E-state index contributed by atoms with van der Waals surface area (Å²) in [6.07, 6.45) is 0.602. The van der Waals surface area contributed by atoms with Crippen molar-refractivity contribution in [3.8, 4) is 0 Å². The Morgan fingerprint density at radius 3 is 2.61 bits per heavy atom. The van der Waals surface area contributed by atoms with Gasteiger partial charge in [0, 0.05) is 9.75 Å². The molecule has 1 aromatic rings. The average Bonchev–Trinajstić information content (AvgIpc) is 2.74. The molecule has 18 heavy (non-hydrogen) atoms. The number of thiophene rings is 1. The molecular formula is C13H20N2OS2. The van der Waals surface area contributed by atoms with Gasteiger partial charge in [-0.15, -0.1) is 11.3 Å². The third-order valence-corrected chi connectivity index (χ3v) is 4.92. The van der Waals surface area contributed by atoms with E-state index in [9.17, 15) is 4.79 Å². The number of nitrogens with two attached hydrogens (primary N) is 1. The molecule has 3 nitrogen and oxygen atoms in total. The summed E-state index contributed by atoms with van der Waals surface area (Å²) in [5, 5.41) is 2.99. The monoisotopic (exact) mass is 284 g/mol. The summed E-state index contributed by atoms with van der Waals surface area (Å²) in [5.74, 6) is -0.101. The van der Waals surface area contributed by atoms with Crippen molar-refractivity contribution in [3.05, 3.63) is 21.9 Å². The van der Waals surface area contributed by atoms with E-state index in [-0.39, 0.29) is 16.9 Å². The van der Waals surface area contributed by atoms with Gasteiger partial charge in [-0.1, -0.05) is 19.1 Å². The van der Waals surface area contributed by atoms with E-state index in [1.165, 1.54) is 4.88 Å². The number of carbonyl (C=O) groups excluding carboxylic acids is 1. The first-order valence-electron chi connectivity index (χ1n) is 5.98. The number of rotatable bonds is 5. The first-order valence-corrected chi connectivity index (χ1v) is 7.21. The number of thiocarbonyl (C=S) groups is 1. The van der Waals surface area contributed by atoms with Crippen molar-refractivity contribution >= 4 is 34.5 Å². The topological polar surface area (TPSA) is 55.1 Å². The molecule has 0 radical (unpaired) electrons. The maximum Gasteiger partial charge on any atom is 0.233 e. The molecule has 0 aliphatic heterocycles. The van der Waals surface area contributed by atoms with Gasteiger partial charge < -0.3 is 11.1 Å². The predicted octanol–water partition coefficient (Wildman–Crippen LogP) is 2.94. The van der Waals surface area contributed by atoms with E-state index in [4.69, 9.17) is 18.0 Å². The zero-order chi connectivity index (χ0) is 13.9. The first kappa shape index (κ1) is 15.1. The fourth-order valence-corrected chi connectivity index (χ4v) is 2.68. The summed E-state index contributed by atoms with van der Waals surface area (Å²) >= 11 is 6.68. The number of amides is 1. The fourth-order valence-electron chi connectivity index (χ4n) is 1.56. The SMILES string of the molecule is CCC(C)(C(=O)NC(C)c1ccc(C)s1)C(N)=S. The van der Waals surface area contributed by atoms with Crippen LogP contribution in [0.4, 0.5) is 0 Å². The second kappa shape index (κ2) is 5.80. The average molecular weight is 284 g/mol. The van der Waals surface area contributed by atoms with Gasteiger partial charge in [-0.25, -0.2) is 0 Å². The predicted molar refractivity (Wildman–Crippen MR) is 80.8 cm³/mol. The molecule has 0 bridgehead atoms. The minimum atomic E-state index is -0.768. The van der Waals surface area contributed by atoms with Gasteiger partial charge in [-0.3, -0.25) is 4.79 Å². The molecule has 0 aliphatic rings. The molecule has 1 heterocycles. The number of aryl methyl sites for hydroxylation is 1. The lowest BCUT2D eigenvalue weighted by molar-refractivity contribution is -0.127. The minimum Gasteiger partial charge on any atom is -0.392 e. The summed E-state index contributed by atoms with van der Waals surface area (Å²) in [4.78, 5) is 14.9. The quantitative estimate of drug-likeness (QED) is 0.817. The van der Waals surface area contributed by atoms with Crippen LogP contribution in [0.15, 0.2) is 12.1 Å². The van der Waals surface area contributed by atoms with Crippen LogP contribution in [0.5, 0.6) is 0 Å². The molecular weight excluding hydrogens is 264 g/mol. The molecule has 0 fully saturated rings. The zero-order valence-electron chi connectivity index (χ0n) is 11.2. The molecule has 1 rings (SSSR count). The van der Waals surface area contributed by atoms with Gasteiger partial charge in [-0.05, 0) is 39.3 Å². The van der Waals surface area contributed by atoms with Gasteiger partial charge in [0.25, 0.3) is 0 Å². The molecule has 0 saturated carbocycles. The summed E-state index contributed by atoms with van der Waals surface area (Å²) < 4.78 is 0. The van der Waals surface area contributed by atoms with E-state index < -0.39 is 5.41 Å². The normalized spacial score (nSPS) is 15.8. The van der Waals surface area contributed by atoms with Gasteiger partial charge in [0.1, 0.15) is 0 Å². The van der Waals surface area contributed by atoms with Crippen LogP contribution in [-0.4, -0.2) is 10.9 Å². The van der Waals surface area contributed by atoms with Crippen LogP contribution in [-0.2, 0) is 4.79 Å². The van der Waals surface area contributed by atoms with Crippen molar-refractivity contribution < 1.29 is 4.79 Å². The van der Waals surface area contributed by atoms with Crippen molar-refractivity contribution in [2.75, 3.05) is 0 Å². The second-order valence-electron chi connectivity index (χ2n) is 4.69. The lowest BCUT2D eigenvalue weighted by Crippen LogP contribution is -2.47. The van der Waals surface area contributed by atoms with Crippen molar-refractivity contribution in [2.45, 2.75) is 40.2 Å². The van der Waals surface area contributed by atoms with Crippen LogP contribution in [0, 0.1) is 12.3 Å². The Kier molecular flexibility index (Phi) is 4.87. The summed E-state index contributed by atoms with van der Waals surface area (Å²) in [6, 6.07) is 4.07. The van der Waals surface area contributed by atoms with Gasteiger partial charge in [0.15, 0.2) is 0 Å². The summed E-state index contributed by atoms with van der Waals surface area (Å²) in [5.41, 5.74) is 4.91. The standard InChI is InChI=1S/C13H20N2OS2/c1-5-13(4,11(14)17)12(16)15-9(3)10-7-6-8(2)18-10/h6-7,9H,5H2,1-4H3,(H2,14,17)(H,15,16). The van der Waals surface area contributed by atoms with Crippen LogP contribution in [0.3, 0.4) is 0 Å². The fraction of sp³-hybridized carbons (Fsp3) is 0.538. The van der Waals surface area contributed by atoms with Crippen molar-refractivity contribution in [1.29, 1.82) is 0 Å². The Balaban J connectivity index is 2.78. The smallest absolute Gasteiger partial charge is 0.233 e. The Morgan fingerprint density at radius 1 is 1.61 bits per heavy atom. The van der Waals surface area contributed by atoms with E-state index >= 15 is 0 Å². The maximum absolute atomic E-state index is 12.3. The van der Waals surface area contributed by atoms with Crippen LogP contribution in [0.25, 0.3) is 0 Å². The van der Waals surface area contributed by atoms with Crippen molar-refractivity contribution in [2.24, 2.45) is 11.1 Å². The third kappa shape index (κ3) is 3.09. The van der Waals surface area contributed by atoms with E-state index in [0.29, 0.717) is 6.42 Å². The molecule has 0 aliphatic carbocycles. The van der Waals surface area contributed by atoms with E-state index in [2.05, 4.69) is 11.4 Å². The van der Waals surface area contributed by atoms with Crippen LogP contribution < -0.4 is 11.1 Å². The summed E-state index contributed by atoms with van der Waals surface area (Å²) in [7, 11) is 0. The van der Waals surface area contributed by atoms with Gasteiger partial charge in [0.2, 0.25) is 5.91 Å². The van der Waals surface area contributed by atoms with Gasteiger partial charge >= 0.3 is 0 Å². The van der Waals surface area contributed by atoms with Crippen LogP contribution in [0.2, 0.25) is 0 Å². The highest BCUT2D eigenvalue weighted by molar-refractivity contribution is 7.80. The minimum absolute atomic E-state index is 0.0172. The molecule has 0 saturated heterocycles. The van der Waals surface area contributed by atoms with E-state index in [0.717, 1.165) is 4.88 Å². The molecule has 2 unspecified atom stereocenters. The van der Waals surface area contributed by atoms with Crippen molar-refractivity contribution in [1.82, 2.24) is 5.32 Å². The zero-order valence-corrected chi connectivity index (χ0v) is 12.9. The highest BCUT2D eigenvalue weighted by atomic mass is 32.1. The molecule has 1 aromatic heterocycles. The lowest BCUT2D eigenvalue weighted by atomic mass is 9.86. The highest BCUT2D eigenvalue weighted by Gasteiger charge is 2.35. The van der Waals surface area contributed by atoms with E-state index in [1.807, 2.05) is 26.8 Å². The Bertz CT molecular complexity index is 456. The molecule has 2 atom stereocenters. The summed E-state index contributed by atoms with van der Waals surface area (Å²) in [6.45, 7) is 7.72.